The number of nitrogens with zero attached hydrogens (tertiary/aromatic N) is 1. The van der Waals surface area contributed by atoms with E-state index in [0.717, 1.165) is 11.8 Å². The van der Waals surface area contributed by atoms with E-state index in [4.69, 9.17) is 5.26 Å². The van der Waals surface area contributed by atoms with Crippen LogP contribution in [0.3, 0.4) is 0 Å². The van der Waals surface area contributed by atoms with Gasteiger partial charge >= 0.3 is 24.7 Å². The fraction of sp³-hybridized carbons (Fsp3) is 0.941. The molecule has 1 unspecified atom stereocenters. The summed E-state index contributed by atoms with van der Waals surface area (Å²) in [6.07, 6.45) is -32.9. The second kappa shape index (κ2) is 11.5. The van der Waals surface area contributed by atoms with Gasteiger partial charge in [-0.05, 0) is 36.9 Å². The summed E-state index contributed by atoms with van der Waals surface area (Å²) in [5, 5.41) is 10.0. The second-order valence-corrected chi connectivity index (χ2v) is 8.22. The van der Waals surface area contributed by atoms with E-state index in [2.05, 4.69) is 0 Å². The summed E-state index contributed by atoms with van der Waals surface area (Å²) < 4.78 is 180. The number of hydrogen-bond acceptors (Lipinski definition) is 2. The molecule has 0 aliphatic carbocycles. The molecule has 0 saturated carbocycles. The third-order valence-electron chi connectivity index (χ3n) is 4.92. The van der Waals surface area contributed by atoms with Gasteiger partial charge in [-0.25, -0.2) is 8.78 Å². The van der Waals surface area contributed by atoms with E-state index in [9.17, 15) is 61.5 Å². The first-order valence-electron chi connectivity index (χ1n) is 9.29. The Hall–Kier alpha value is -1.14. The van der Waals surface area contributed by atoms with Crippen LogP contribution in [-0.4, -0.2) is 41.8 Å². The Morgan fingerprint density at radius 3 is 1.33 bits per heavy atom. The van der Waals surface area contributed by atoms with E-state index >= 15 is 0 Å². The molecule has 0 aromatic heterocycles. The van der Waals surface area contributed by atoms with E-state index in [1.54, 1.807) is 5.40 Å². The summed E-state index contributed by atoms with van der Waals surface area (Å²) >= 11 is 0.727. The number of unbranched alkanes of at least 4 members (excludes halogenated alkanes) is 2. The first-order chi connectivity index (χ1) is 14.6. The first-order valence-corrected chi connectivity index (χ1v) is 10.3. The van der Waals surface area contributed by atoms with Gasteiger partial charge in [-0.15, -0.1) is 0 Å². The molecule has 0 aliphatic heterocycles. The van der Waals surface area contributed by atoms with Crippen LogP contribution in [0.25, 0.3) is 0 Å². The highest BCUT2D eigenvalue weighted by Crippen LogP contribution is 2.52. The SMILES string of the molecule is N#CSCCCCC(CCCCC(F)(C(F)(F)F)C(F)(F)F)CC(F)(C(F)(F)F)C(F)(F)F. The van der Waals surface area contributed by atoms with Gasteiger partial charge in [0.05, 0.1) is 0 Å². The van der Waals surface area contributed by atoms with Crippen molar-refractivity contribution in [3.05, 3.63) is 0 Å². The van der Waals surface area contributed by atoms with E-state index in [-0.39, 0.29) is 18.6 Å². The molecule has 16 heteroatoms. The van der Waals surface area contributed by atoms with E-state index in [1.807, 2.05) is 0 Å². The van der Waals surface area contributed by atoms with Crippen LogP contribution < -0.4 is 0 Å². The van der Waals surface area contributed by atoms with Crippen molar-refractivity contribution in [3.63, 3.8) is 0 Å². The minimum atomic E-state index is -6.37. The third-order valence-corrected chi connectivity index (χ3v) is 5.55. The van der Waals surface area contributed by atoms with E-state index in [1.165, 1.54) is 0 Å². The highest BCUT2D eigenvalue weighted by Gasteiger charge is 2.73. The zero-order valence-corrected chi connectivity index (χ0v) is 17.4. The molecule has 0 amide bonds. The molecule has 0 aromatic carbocycles. The van der Waals surface area contributed by atoms with Crippen LogP contribution in [0.4, 0.5) is 61.5 Å². The average Bonchev–Trinajstić information content (AvgIpc) is 2.60. The molecular weight excluding hydrogens is 516 g/mol. The normalized spacial score (nSPS) is 15.4. The monoisotopic (exact) mass is 535 g/mol. The lowest BCUT2D eigenvalue weighted by Crippen LogP contribution is -2.54. The minimum absolute atomic E-state index is 0.0801. The second-order valence-electron chi connectivity index (χ2n) is 7.34. The number of hydrogen-bond donors (Lipinski definition) is 0. The van der Waals surface area contributed by atoms with Crippen LogP contribution in [0.2, 0.25) is 0 Å². The Kier molecular flexibility index (Phi) is 11.1. The van der Waals surface area contributed by atoms with Gasteiger partial charge in [-0.2, -0.15) is 57.9 Å². The van der Waals surface area contributed by atoms with Crippen LogP contribution in [-0.2, 0) is 0 Å². The number of rotatable bonds is 12. The largest absolute Gasteiger partial charge is 0.431 e. The Bertz CT molecular complexity index is 600. The Morgan fingerprint density at radius 2 is 0.970 bits per heavy atom. The topological polar surface area (TPSA) is 23.8 Å². The summed E-state index contributed by atoms with van der Waals surface area (Å²) in [7, 11) is 0. The van der Waals surface area contributed by atoms with Crippen LogP contribution >= 0.6 is 11.8 Å². The zero-order valence-electron chi connectivity index (χ0n) is 16.6. The predicted octanol–water partition coefficient (Wildman–Crippen LogP) is 8.60. The smallest absolute Gasteiger partial charge is 0.224 e. The molecule has 1 nitrogen and oxygen atoms in total. The summed E-state index contributed by atoms with van der Waals surface area (Å²) in [5.41, 5.74) is -11.3. The number of alkyl halides is 14. The van der Waals surface area contributed by atoms with Crippen molar-refractivity contribution in [2.45, 2.75) is 87.4 Å². The molecule has 0 rings (SSSR count). The van der Waals surface area contributed by atoms with Crippen molar-refractivity contribution in [3.8, 4) is 5.40 Å². The van der Waals surface area contributed by atoms with E-state index < -0.39 is 80.5 Å². The fourth-order valence-electron chi connectivity index (χ4n) is 3.04. The lowest BCUT2D eigenvalue weighted by molar-refractivity contribution is -0.346. The number of halogens is 14. The minimum Gasteiger partial charge on any atom is -0.224 e. The van der Waals surface area contributed by atoms with Crippen molar-refractivity contribution in [1.82, 2.24) is 0 Å². The van der Waals surface area contributed by atoms with Gasteiger partial charge < -0.3 is 0 Å². The van der Waals surface area contributed by atoms with Crippen LogP contribution in [0.5, 0.6) is 0 Å². The average molecular weight is 535 g/mol. The molecule has 0 heterocycles. The summed E-state index contributed by atoms with van der Waals surface area (Å²) in [5.74, 6) is -1.58. The highest BCUT2D eigenvalue weighted by atomic mass is 32.2. The Balaban J connectivity index is 5.39. The van der Waals surface area contributed by atoms with Crippen molar-refractivity contribution in [2.75, 3.05) is 5.75 Å². The molecule has 1 atom stereocenters. The molecule has 0 saturated heterocycles. The highest BCUT2D eigenvalue weighted by molar-refractivity contribution is 8.03. The third kappa shape index (κ3) is 8.54. The van der Waals surface area contributed by atoms with Crippen LogP contribution in [0.1, 0.15) is 51.4 Å². The molecule has 0 radical (unpaired) electrons. The maximum Gasteiger partial charge on any atom is 0.431 e. The first kappa shape index (κ1) is 31.9. The molecule has 0 aliphatic rings. The van der Waals surface area contributed by atoms with Crippen molar-refractivity contribution in [1.29, 1.82) is 5.26 Å². The van der Waals surface area contributed by atoms with Gasteiger partial charge in [0.15, 0.2) is 0 Å². The lowest BCUT2D eigenvalue weighted by atomic mass is 9.83. The molecule has 196 valence electrons. The molecule has 0 spiro atoms. The van der Waals surface area contributed by atoms with Gasteiger partial charge in [0.25, 0.3) is 11.3 Å². The number of thiocyanates is 1. The van der Waals surface area contributed by atoms with Gasteiger partial charge in [-0.3, -0.25) is 0 Å². The molecular formula is C17H19F14NS. The van der Waals surface area contributed by atoms with Gasteiger partial charge in [-0.1, -0.05) is 25.7 Å². The fourth-order valence-corrected chi connectivity index (χ4v) is 3.48. The lowest BCUT2D eigenvalue weighted by Gasteiger charge is -2.33. The molecule has 0 N–H and O–H groups in total. The Morgan fingerprint density at radius 1 is 0.576 bits per heavy atom. The summed E-state index contributed by atoms with van der Waals surface area (Å²) in [6.45, 7) is 0. The van der Waals surface area contributed by atoms with Gasteiger partial charge in [0.2, 0.25) is 0 Å². The van der Waals surface area contributed by atoms with Crippen molar-refractivity contribution in [2.24, 2.45) is 5.92 Å². The molecule has 0 fully saturated rings. The van der Waals surface area contributed by atoms with Crippen LogP contribution in [0, 0.1) is 16.6 Å². The van der Waals surface area contributed by atoms with Crippen LogP contribution in [0.15, 0.2) is 0 Å². The Labute approximate surface area is 183 Å². The van der Waals surface area contributed by atoms with Gasteiger partial charge in [0.1, 0.15) is 5.40 Å². The van der Waals surface area contributed by atoms with E-state index in [0.29, 0.717) is 0 Å². The predicted molar refractivity (Wildman–Crippen MR) is 90.4 cm³/mol. The quantitative estimate of drug-likeness (QED) is 0.142. The maximum absolute atomic E-state index is 14.0. The standard InChI is InChI=1S/C17H19F14NS/c18-12(14(20,21)22,15(23,24)25)7-3-1-5-11(6-2-4-8-33-10-32)9-13(19,16(26,27)28)17(29,30)31/h11H,1-9H2. The van der Waals surface area contributed by atoms with Crippen molar-refractivity contribution >= 4 is 11.8 Å². The number of nitriles is 1. The van der Waals surface area contributed by atoms with Crippen molar-refractivity contribution < 1.29 is 61.5 Å². The summed E-state index contributed by atoms with van der Waals surface area (Å²) in [6, 6.07) is 0. The molecule has 0 aromatic rings. The maximum atomic E-state index is 14.0. The number of thioether (sulfide) groups is 1. The molecule has 33 heavy (non-hydrogen) atoms. The van der Waals surface area contributed by atoms with Gasteiger partial charge in [0, 0.05) is 12.2 Å². The molecule has 0 bridgehead atoms. The zero-order chi connectivity index (χ0) is 26.4. The summed E-state index contributed by atoms with van der Waals surface area (Å²) in [4.78, 5) is 0.